The Morgan fingerprint density at radius 1 is 1.17 bits per heavy atom. The Bertz CT molecular complexity index is 518. The summed E-state index contributed by atoms with van der Waals surface area (Å²) in [7, 11) is 0. The van der Waals surface area contributed by atoms with Gasteiger partial charge < -0.3 is 9.84 Å². The average Bonchev–Trinajstić information content (AvgIpc) is 2.59. The molecule has 0 saturated carbocycles. The summed E-state index contributed by atoms with van der Waals surface area (Å²) >= 11 is 0. The van der Waals surface area contributed by atoms with Crippen molar-refractivity contribution < 1.29 is 24.3 Å². The van der Waals surface area contributed by atoms with Gasteiger partial charge in [-0.05, 0) is 18.6 Å². The first-order valence-corrected chi connectivity index (χ1v) is 8.54. The Morgan fingerprint density at radius 3 is 2.33 bits per heavy atom. The van der Waals surface area contributed by atoms with Gasteiger partial charge in [0.05, 0.1) is 12.2 Å². The highest BCUT2D eigenvalue weighted by Crippen LogP contribution is 2.26. The van der Waals surface area contributed by atoms with Gasteiger partial charge in [0, 0.05) is 0 Å². The third-order valence-electron chi connectivity index (χ3n) is 3.97. The maximum atomic E-state index is 11.1. The molecule has 0 aromatic rings. The molecule has 1 atom stereocenters. The predicted octanol–water partition coefficient (Wildman–Crippen LogP) is 3.07. The number of aliphatic carboxylic acids is 1. The molecule has 1 aliphatic carbocycles. The number of rotatable bonds is 12. The van der Waals surface area contributed by atoms with Crippen molar-refractivity contribution in [2.24, 2.45) is 5.90 Å². The van der Waals surface area contributed by atoms with Gasteiger partial charge in [0.2, 0.25) is 0 Å². The summed E-state index contributed by atoms with van der Waals surface area (Å²) in [6, 6.07) is 0. The summed E-state index contributed by atoms with van der Waals surface area (Å²) in [5.74, 6) is 5.88. The zero-order chi connectivity index (χ0) is 17.8. The third kappa shape index (κ3) is 6.32. The zero-order valence-corrected chi connectivity index (χ0v) is 14.3. The molecular formula is C18H27NO5. The van der Waals surface area contributed by atoms with Crippen LogP contribution in [0.15, 0.2) is 29.1 Å². The van der Waals surface area contributed by atoms with Crippen LogP contribution in [0.4, 0.5) is 0 Å². The van der Waals surface area contributed by atoms with E-state index in [9.17, 15) is 9.59 Å². The van der Waals surface area contributed by atoms with Crippen LogP contribution in [0.25, 0.3) is 0 Å². The van der Waals surface area contributed by atoms with Gasteiger partial charge >= 0.3 is 5.97 Å². The summed E-state index contributed by atoms with van der Waals surface area (Å²) < 4.78 is 5.58. The molecule has 24 heavy (non-hydrogen) atoms. The molecule has 0 bridgehead atoms. The highest BCUT2D eigenvalue weighted by atomic mass is 16.6. The van der Waals surface area contributed by atoms with Crippen molar-refractivity contribution in [3.05, 3.63) is 29.1 Å². The van der Waals surface area contributed by atoms with E-state index in [1.54, 1.807) is 5.94 Å². The van der Waals surface area contributed by atoms with Crippen molar-refractivity contribution in [2.45, 2.75) is 64.4 Å². The minimum Gasteiger partial charge on any atom is -0.492 e. The minimum absolute atomic E-state index is 0.0167. The van der Waals surface area contributed by atoms with E-state index in [0.29, 0.717) is 6.61 Å². The van der Waals surface area contributed by atoms with Gasteiger partial charge in [0.25, 0.3) is 0 Å². The van der Waals surface area contributed by atoms with Crippen LogP contribution in [0.5, 0.6) is 0 Å². The zero-order valence-electron chi connectivity index (χ0n) is 14.3. The van der Waals surface area contributed by atoms with E-state index in [-0.39, 0.29) is 16.9 Å². The maximum Gasteiger partial charge on any atom is 0.334 e. The van der Waals surface area contributed by atoms with Crippen LogP contribution < -0.4 is 5.90 Å². The Labute approximate surface area is 143 Å². The SMILES string of the molecule is CCCCCCCCCCOC1=CC=C(C(=O)O)C(ON)C1=C=O. The molecule has 0 spiro atoms. The molecule has 1 rings (SSSR count). The molecule has 134 valence electrons. The van der Waals surface area contributed by atoms with Crippen LogP contribution in [0.2, 0.25) is 0 Å². The van der Waals surface area contributed by atoms with Gasteiger partial charge in [0.1, 0.15) is 23.4 Å². The lowest BCUT2D eigenvalue weighted by molar-refractivity contribution is -0.134. The van der Waals surface area contributed by atoms with Crippen molar-refractivity contribution in [1.82, 2.24) is 0 Å². The second-order valence-electron chi connectivity index (χ2n) is 5.81. The molecule has 0 aromatic heterocycles. The minimum atomic E-state index is -1.20. The number of hydrogen-bond acceptors (Lipinski definition) is 5. The Hall–Kier alpha value is -1.88. The highest BCUT2D eigenvalue weighted by Gasteiger charge is 2.31. The summed E-state index contributed by atoms with van der Waals surface area (Å²) in [5.41, 5.74) is -0.132. The number of carboxylic acids is 1. The number of carbonyl (C=O) groups excluding carboxylic acids is 1. The molecule has 0 aliphatic heterocycles. The number of allylic oxidation sites excluding steroid dienone is 2. The fourth-order valence-electron chi connectivity index (χ4n) is 2.60. The number of carboxylic acid groups (broad SMARTS) is 1. The maximum absolute atomic E-state index is 11.1. The Kier molecular flexibility index (Phi) is 9.77. The second-order valence-corrected chi connectivity index (χ2v) is 5.81. The van der Waals surface area contributed by atoms with Gasteiger partial charge in [-0.25, -0.2) is 15.5 Å². The van der Waals surface area contributed by atoms with E-state index in [2.05, 4.69) is 11.8 Å². The fraction of sp³-hybridized carbons (Fsp3) is 0.611. The van der Waals surface area contributed by atoms with Crippen LogP contribution >= 0.6 is 0 Å². The molecule has 3 N–H and O–H groups in total. The largest absolute Gasteiger partial charge is 0.492 e. The topological polar surface area (TPSA) is 98.8 Å². The van der Waals surface area contributed by atoms with Crippen LogP contribution in [0.1, 0.15) is 58.3 Å². The smallest absolute Gasteiger partial charge is 0.334 e. The Morgan fingerprint density at radius 2 is 1.79 bits per heavy atom. The van der Waals surface area contributed by atoms with E-state index in [4.69, 9.17) is 15.7 Å². The van der Waals surface area contributed by atoms with Gasteiger partial charge in [-0.2, -0.15) is 0 Å². The molecule has 6 heteroatoms. The monoisotopic (exact) mass is 337 g/mol. The fourth-order valence-corrected chi connectivity index (χ4v) is 2.60. The number of carbonyl (C=O) groups is 1. The average molecular weight is 337 g/mol. The van der Waals surface area contributed by atoms with E-state index in [1.807, 2.05) is 0 Å². The molecule has 0 saturated heterocycles. The van der Waals surface area contributed by atoms with Gasteiger partial charge in [-0.3, -0.25) is 4.84 Å². The first-order valence-electron chi connectivity index (χ1n) is 8.54. The normalized spacial score (nSPS) is 17.1. The third-order valence-corrected chi connectivity index (χ3v) is 3.97. The van der Waals surface area contributed by atoms with E-state index < -0.39 is 12.1 Å². The molecular weight excluding hydrogens is 310 g/mol. The first-order chi connectivity index (χ1) is 11.7. The molecule has 0 amide bonds. The lowest BCUT2D eigenvalue weighted by Crippen LogP contribution is -2.30. The predicted molar refractivity (Wildman–Crippen MR) is 90.6 cm³/mol. The van der Waals surface area contributed by atoms with Crippen LogP contribution in [0.3, 0.4) is 0 Å². The van der Waals surface area contributed by atoms with Gasteiger partial charge in [-0.1, -0.05) is 51.9 Å². The molecule has 1 aliphatic rings. The first kappa shape index (κ1) is 20.2. The van der Waals surface area contributed by atoms with E-state index >= 15 is 0 Å². The van der Waals surface area contributed by atoms with Crippen molar-refractivity contribution in [2.75, 3.05) is 6.61 Å². The molecule has 0 radical (unpaired) electrons. The number of hydrogen-bond donors (Lipinski definition) is 2. The highest BCUT2D eigenvalue weighted by molar-refractivity contribution is 5.91. The van der Waals surface area contributed by atoms with Crippen molar-refractivity contribution >= 4 is 11.9 Å². The summed E-state index contributed by atoms with van der Waals surface area (Å²) in [5, 5.41) is 9.07. The molecule has 0 heterocycles. The van der Waals surface area contributed by atoms with Crippen molar-refractivity contribution in [3.8, 4) is 0 Å². The lowest BCUT2D eigenvalue weighted by atomic mass is 9.96. The molecule has 0 aromatic carbocycles. The van der Waals surface area contributed by atoms with Crippen LogP contribution in [-0.2, 0) is 19.2 Å². The number of unbranched alkanes of at least 4 members (excludes halogenated alkanes) is 7. The van der Waals surface area contributed by atoms with Gasteiger partial charge in [-0.15, -0.1) is 0 Å². The van der Waals surface area contributed by atoms with E-state index in [0.717, 1.165) is 12.8 Å². The lowest BCUT2D eigenvalue weighted by Gasteiger charge is -2.21. The second kappa shape index (κ2) is 11.6. The molecule has 1 unspecified atom stereocenters. The quantitative estimate of drug-likeness (QED) is 0.322. The van der Waals surface area contributed by atoms with Crippen LogP contribution in [0, 0.1) is 0 Å². The molecule has 6 nitrogen and oxygen atoms in total. The van der Waals surface area contributed by atoms with Gasteiger partial charge in [0.15, 0.2) is 0 Å². The standard InChI is InChI=1S/C18H27NO5/c1-2-3-4-5-6-7-8-9-12-23-16-11-10-14(18(21)22)17(24-19)15(16)13-20/h10-11,17H,2-9,12,19H2,1H3,(H,21,22). The van der Waals surface area contributed by atoms with Crippen molar-refractivity contribution in [1.29, 1.82) is 0 Å². The summed E-state index contributed by atoms with van der Waals surface area (Å²) in [6.07, 6.45) is 11.1. The Balaban J connectivity index is 2.39. The summed E-state index contributed by atoms with van der Waals surface area (Å²) in [6.45, 7) is 2.66. The number of nitrogens with two attached hydrogens (primary N) is 1. The number of ether oxygens (including phenoxy) is 1. The van der Waals surface area contributed by atoms with E-state index in [1.165, 1.54) is 50.7 Å². The van der Waals surface area contributed by atoms with Crippen LogP contribution in [-0.4, -0.2) is 29.7 Å². The van der Waals surface area contributed by atoms with Crippen molar-refractivity contribution in [3.63, 3.8) is 0 Å². The summed E-state index contributed by atoms with van der Waals surface area (Å²) in [4.78, 5) is 26.9. The molecule has 0 fully saturated rings.